The maximum absolute atomic E-state index is 11.3. The van der Waals surface area contributed by atoms with E-state index in [4.69, 9.17) is 0 Å². The lowest BCUT2D eigenvalue weighted by atomic mass is 10.0. The molecule has 1 aliphatic heterocycles. The average molecular weight is 252 g/mol. The van der Waals surface area contributed by atoms with Crippen LogP contribution in [0.25, 0.3) is 16.6 Å². The van der Waals surface area contributed by atoms with E-state index in [1.807, 2.05) is 12.3 Å². The van der Waals surface area contributed by atoms with Crippen LogP contribution in [0.15, 0.2) is 29.2 Å². The molecule has 3 rings (SSSR count). The Hall–Kier alpha value is -1.52. The van der Waals surface area contributed by atoms with Gasteiger partial charge < -0.3 is 15.3 Å². The van der Waals surface area contributed by atoms with Gasteiger partial charge in [-0.1, -0.05) is 6.08 Å². The van der Waals surface area contributed by atoms with Gasteiger partial charge in [-0.05, 0) is 24.6 Å². The van der Waals surface area contributed by atoms with E-state index >= 15 is 0 Å². The Morgan fingerprint density at radius 3 is 2.88 bits per heavy atom. The number of hydrogen-bond acceptors (Lipinski definition) is 2. The molecular formula is C12H14ClN3O. The zero-order valence-electron chi connectivity index (χ0n) is 9.25. The van der Waals surface area contributed by atoms with Crippen molar-refractivity contribution < 1.29 is 0 Å². The summed E-state index contributed by atoms with van der Waals surface area (Å²) < 4.78 is 0. The van der Waals surface area contributed by atoms with Crippen molar-refractivity contribution in [1.82, 2.24) is 15.3 Å². The van der Waals surface area contributed by atoms with Crippen LogP contribution in [0.1, 0.15) is 12.0 Å². The van der Waals surface area contributed by atoms with Crippen molar-refractivity contribution in [3.8, 4) is 0 Å². The van der Waals surface area contributed by atoms with E-state index in [2.05, 4.69) is 21.4 Å². The van der Waals surface area contributed by atoms with Crippen LogP contribution in [0.2, 0.25) is 0 Å². The highest BCUT2D eigenvalue weighted by Crippen LogP contribution is 2.25. The van der Waals surface area contributed by atoms with Crippen molar-refractivity contribution >= 4 is 29.0 Å². The topological polar surface area (TPSA) is 60.7 Å². The SMILES string of the molecule is Cl.O=c1ccc2[nH]cc(C3=CCNCC3)c2[nH]1. The maximum Gasteiger partial charge on any atom is 0.248 e. The Morgan fingerprint density at radius 2 is 2.12 bits per heavy atom. The molecule has 0 radical (unpaired) electrons. The largest absolute Gasteiger partial charge is 0.359 e. The van der Waals surface area contributed by atoms with Crippen LogP contribution in [0.3, 0.4) is 0 Å². The fourth-order valence-corrected chi connectivity index (χ4v) is 2.15. The molecule has 4 nitrogen and oxygen atoms in total. The molecule has 0 unspecified atom stereocenters. The summed E-state index contributed by atoms with van der Waals surface area (Å²) in [5, 5.41) is 3.28. The van der Waals surface area contributed by atoms with E-state index in [9.17, 15) is 4.79 Å². The quantitative estimate of drug-likeness (QED) is 0.722. The predicted molar refractivity (Wildman–Crippen MR) is 71.6 cm³/mol. The van der Waals surface area contributed by atoms with Crippen LogP contribution in [-0.4, -0.2) is 23.1 Å². The summed E-state index contributed by atoms with van der Waals surface area (Å²) in [6, 6.07) is 3.36. The second-order valence-corrected chi connectivity index (χ2v) is 4.00. The molecular weight excluding hydrogens is 238 g/mol. The maximum atomic E-state index is 11.3. The predicted octanol–water partition coefficient (Wildman–Crippen LogP) is 1.65. The van der Waals surface area contributed by atoms with Gasteiger partial charge >= 0.3 is 0 Å². The summed E-state index contributed by atoms with van der Waals surface area (Å²) in [4.78, 5) is 17.4. The minimum Gasteiger partial charge on any atom is -0.359 e. The molecule has 3 N–H and O–H groups in total. The van der Waals surface area contributed by atoms with Gasteiger partial charge in [0.2, 0.25) is 5.56 Å². The first-order valence-corrected chi connectivity index (χ1v) is 5.45. The molecule has 2 aromatic heterocycles. The molecule has 90 valence electrons. The van der Waals surface area contributed by atoms with Crippen LogP contribution in [0.4, 0.5) is 0 Å². The van der Waals surface area contributed by atoms with Crippen molar-refractivity contribution in [2.24, 2.45) is 0 Å². The number of fused-ring (bicyclic) bond motifs is 1. The minimum absolute atomic E-state index is 0. The zero-order valence-corrected chi connectivity index (χ0v) is 10.1. The van der Waals surface area contributed by atoms with Gasteiger partial charge in [-0.3, -0.25) is 4.79 Å². The van der Waals surface area contributed by atoms with Gasteiger partial charge in [0.15, 0.2) is 0 Å². The number of rotatable bonds is 1. The summed E-state index contributed by atoms with van der Waals surface area (Å²) in [6.45, 7) is 1.90. The Balaban J connectivity index is 0.00000108. The lowest BCUT2D eigenvalue weighted by Crippen LogP contribution is -2.20. The lowest BCUT2D eigenvalue weighted by Gasteiger charge is -2.12. The summed E-state index contributed by atoms with van der Waals surface area (Å²) in [5.74, 6) is 0. The third-order valence-corrected chi connectivity index (χ3v) is 2.97. The average Bonchev–Trinajstić information content (AvgIpc) is 2.73. The van der Waals surface area contributed by atoms with Gasteiger partial charge in [0, 0.05) is 24.4 Å². The monoisotopic (exact) mass is 251 g/mol. The van der Waals surface area contributed by atoms with E-state index in [1.54, 1.807) is 6.07 Å². The molecule has 2 aromatic rings. The normalized spacial score (nSPS) is 15.4. The van der Waals surface area contributed by atoms with E-state index in [0.29, 0.717) is 0 Å². The molecule has 0 amide bonds. The van der Waals surface area contributed by atoms with Crippen molar-refractivity contribution in [3.63, 3.8) is 0 Å². The zero-order chi connectivity index (χ0) is 11.0. The molecule has 0 atom stereocenters. The van der Waals surface area contributed by atoms with Gasteiger partial charge in [-0.15, -0.1) is 12.4 Å². The Labute approximate surface area is 105 Å². The van der Waals surface area contributed by atoms with Gasteiger partial charge in [0.05, 0.1) is 11.0 Å². The van der Waals surface area contributed by atoms with Crippen molar-refractivity contribution in [2.75, 3.05) is 13.1 Å². The molecule has 0 saturated carbocycles. The number of nitrogens with one attached hydrogen (secondary N) is 3. The van der Waals surface area contributed by atoms with Crippen LogP contribution < -0.4 is 10.9 Å². The fourth-order valence-electron chi connectivity index (χ4n) is 2.15. The van der Waals surface area contributed by atoms with E-state index in [0.717, 1.165) is 36.1 Å². The summed E-state index contributed by atoms with van der Waals surface area (Å²) >= 11 is 0. The number of aromatic amines is 2. The molecule has 5 heteroatoms. The number of hydrogen-bond donors (Lipinski definition) is 3. The first-order chi connectivity index (χ1) is 7.84. The molecule has 0 fully saturated rings. The first kappa shape index (κ1) is 12.0. The number of halogens is 1. The van der Waals surface area contributed by atoms with E-state index in [-0.39, 0.29) is 18.0 Å². The standard InChI is InChI=1S/C12H13N3O.ClH/c16-11-2-1-10-12(15-11)9(7-14-10)8-3-5-13-6-4-8;/h1-3,7,13-14H,4-6H2,(H,15,16);1H. The number of H-pyrrole nitrogens is 2. The highest BCUT2D eigenvalue weighted by molar-refractivity contribution is 5.89. The molecule has 0 aromatic carbocycles. The molecule has 0 saturated heterocycles. The first-order valence-electron chi connectivity index (χ1n) is 5.45. The molecule has 0 aliphatic carbocycles. The second-order valence-electron chi connectivity index (χ2n) is 4.00. The summed E-state index contributed by atoms with van der Waals surface area (Å²) in [7, 11) is 0. The van der Waals surface area contributed by atoms with Crippen LogP contribution in [-0.2, 0) is 0 Å². The van der Waals surface area contributed by atoms with E-state index < -0.39 is 0 Å². The third kappa shape index (κ3) is 2.14. The van der Waals surface area contributed by atoms with Crippen LogP contribution in [0, 0.1) is 0 Å². The smallest absolute Gasteiger partial charge is 0.248 e. The highest BCUT2D eigenvalue weighted by atomic mass is 35.5. The van der Waals surface area contributed by atoms with Crippen molar-refractivity contribution in [2.45, 2.75) is 6.42 Å². The summed E-state index contributed by atoms with van der Waals surface area (Å²) in [6.07, 6.45) is 5.15. The van der Waals surface area contributed by atoms with Crippen LogP contribution >= 0.6 is 12.4 Å². The minimum atomic E-state index is -0.0529. The fraction of sp³-hybridized carbons (Fsp3) is 0.250. The Bertz CT molecular complexity index is 611. The molecule has 0 bridgehead atoms. The molecule has 0 spiro atoms. The Kier molecular flexibility index (Phi) is 3.36. The van der Waals surface area contributed by atoms with Gasteiger partial charge in [-0.25, -0.2) is 0 Å². The molecule has 17 heavy (non-hydrogen) atoms. The van der Waals surface area contributed by atoms with Gasteiger partial charge in [0.25, 0.3) is 0 Å². The Morgan fingerprint density at radius 1 is 1.24 bits per heavy atom. The van der Waals surface area contributed by atoms with Crippen molar-refractivity contribution in [3.05, 3.63) is 40.3 Å². The third-order valence-electron chi connectivity index (χ3n) is 2.97. The van der Waals surface area contributed by atoms with E-state index in [1.165, 1.54) is 5.57 Å². The highest BCUT2D eigenvalue weighted by Gasteiger charge is 2.11. The number of pyridine rings is 1. The van der Waals surface area contributed by atoms with Crippen LogP contribution in [0.5, 0.6) is 0 Å². The number of aromatic nitrogens is 2. The lowest BCUT2D eigenvalue weighted by molar-refractivity contribution is 0.739. The molecule has 1 aliphatic rings. The second kappa shape index (κ2) is 4.77. The van der Waals surface area contributed by atoms with Gasteiger partial charge in [0.1, 0.15) is 0 Å². The van der Waals surface area contributed by atoms with Gasteiger partial charge in [-0.2, -0.15) is 0 Å². The summed E-state index contributed by atoms with van der Waals surface area (Å²) in [5.41, 5.74) is 4.26. The molecule has 3 heterocycles. The van der Waals surface area contributed by atoms with Crippen molar-refractivity contribution in [1.29, 1.82) is 0 Å².